The van der Waals surface area contributed by atoms with Crippen molar-refractivity contribution in [1.82, 2.24) is 4.98 Å². The van der Waals surface area contributed by atoms with E-state index in [-0.39, 0.29) is 0 Å². The number of hydrogen-bond donors (Lipinski definition) is 0. The first-order valence-electron chi connectivity index (χ1n) is 6.73. The molecule has 3 rings (SSSR count). The maximum absolute atomic E-state index is 5.54. The first kappa shape index (κ1) is 13.1. The topological polar surface area (TPSA) is 33.4 Å². The van der Waals surface area contributed by atoms with E-state index < -0.39 is 0 Å². The van der Waals surface area contributed by atoms with Crippen molar-refractivity contribution in [1.29, 1.82) is 0 Å². The average Bonchev–Trinajstić information content (AvgIpc) is 2.46. The summed E-state index contributed by atoms with van der Waals surface area (Å²) in [6.07, 6.45) is 0. The Labute approximate surface area is 121 Å². The lowest BCUT2D eigenvalue weighted by Gasteiger charge is -2.07. The van der Waals surface area contributed by atoms with Crippen molar-refractivity contribution in [2.24, 2.45) is 0 Å². The molecule has 0 saturated heterocycles. The summed E-state index contributed by atoms with van der Waals surface area (Å²) in [5.74, 6) is 0.887. The van der Waals surface area contributed by atoms with Crippen molar-refractivity contribution in [2.75, 3.05) is 13.2 Å². The zero-order valence-corrected chi connectivity index (χ0v) is 12.4. The average molecular weight is 286 g/mol. The summed E-state index contributed by atoms with van der Waals surface area (Å²) in [5, 5.41) is 0. The number of ether oxygens (including phenoxy) is 1. The first-order valence-corrected chi connectivity index (χ1v) is 7.55. The number of nitrogens with zero attached hydrogens (tertiary/aromatic N) is 1. The van der Waals surface area contributed by atoms with Gasteiger partial charge >= 0.3 is 5.43 Å². The van der Waals surface area contributed by atoms with Crippen molar-refractivity contribution >= 4 is 21.6 Å². The Morgan fingerprint density at radius 3 is 2.85 bits per heavy atom. The third-order valence-corrected chi connectivity index (χ3v) is 4.04. The first-order chi connectivity index (χ1) is 9.80. The highest BCUT2D eigenvalue weighted by atomic mass is 32.1. The van der Waals surface area contributed by atoms with Gasteiger partial charge in [0.2, 0.25) is 0 Å². The van der Waals surface area contributed by atoms with Crippen LogP contribution in [0.25, 0.3) is 20.8 Å². The molecular weight excluding hydrogens is 270 g/mol. The van der Waals surface area contributed by atoms with Crippen LogP contribution in [0, 0.1) is 0 Å². The summed E-state index contributed by atoms with van der Waals surface area (Å²) in [5.41, 5.74) is 2.88. The molecule has 0 N–H and O–H groups in total. The van der Waals surface area contributed by atoms with E-state index in [0.717, 1.165) is 32.0 Å². The minimum absolute atomic E-state index is 0.672. The molecule has 0 saturated carbocycles. The lowest BCUT2D eigenvalue weighted by Crippen LogP contribution is -2.02. The Morgan fingerprint density at radius 2 is 2.05 bits per heavy atom. The summed E-state index contributed by atoms with van der Waals surface area (Å²) < 4.78 is 12.2. The number of benzene rings is 2. The molecular formula is C16H16NO2S+. The molecule has 20 heavy (non-hydrogen) atoms. The van der Waals surface area contributed by atoms with Crippen LogP contribution in [0.15, 0.2) is 40.8 Å². The smallest absolute Gasteiger partial charge is 0.345 e. The monoisotopic (exact) mass is 286 g/mol. The highest BCUT2D eigenvalue weighted by Crippen LogP contribution is 2.31. The van der Waals surface area contributed by atoms with Gasteiger partial charge in [0.15, 0.2) is 0 Å². The standard InChI is InChI=1S/C16H16NO2S/c1-3-18-11-5-7-13-15(9-11)20-16-10-12(19-4-2)6-8-14(16)17-13/h5-10H,3-4H2,1-2H3/q+1. The third-order valence-electron chi connectivity index (χ3n) is 2.95. The van der Waals surface area contributed by atoms with Crippen LogP contribution in [-0.4, -0.2) is 18.2 Å². The Morgan fingerprint density at radius 1 is 1.15 bits per heavy atom. The van der Waals surface area contributed by atoms with E-state index in [9.17, 15) is 0 Å². The Bertz CT molecular complexity index is 779. The summed E-state index contributed by atoms with van der Waals surface area (Å²) in [6.45, 7) is 5.32. The number of fused-ring (bicyclic) bond motifs is 2. The van der Waals surface area contributed by atoms with Gasteiger partial charge in [-0.25, -0.2) is 4.98 Å². The quantitative estimate of drug-likeness (QED) is 0.543. The third kappa shape index (κ3) is 2.51. The van der Waals surface area contributed by atoms with E-state index in [1.807, 2.05) is 50.2 Å². The van der Waals surface area contributed by atoms with E-state index in [0.29, 0.717) is 13.2 Å². The minimum Gasteiger partial charge on any atom is -0.494 e. The van der Waals surface area contributed by atoms with Crippen LogP contribution >= 0.6 is 11.3 Å². The molecule has 2 aliphatic rings. The van der Waals surface area contributed by atoms with Gasteiger partial charge in [0.05, 0.1) is 33.5 Å². The van der Waals surface area contributed by atoms with Crippen LogP contribution in [0.1, 0.15) is 13.8 Å². The van der Waals surface area contributed by atoms with Gasteiger partial charge in [0.1, 0.15) is 5.75 Å². The van der Waals surface area contributed by atoms with Crippen LogP contribution in [0.2, 0.25) is 0 Å². The molecule has 3 nitrogen and oxygen atoms in total. The van der Waals surface area contributed by atoms with E-state index >= 15 is 0 Å². The van der Waals surface area contributed by atoms with Gasteiger partial charge in [-0.3, -0.25) is 4.42 Å². The van der Waals surface area contributed by atoms with E-state index in [4.69, 9.17) is 9.16 Å². The van der Waals surface area contributed by atoms with Crippen LogP contribution in [0.4, 0.5) is 0 Å². The van der Waals surface area contributed by atoms with Gasteiger partial charge < -0.3 is 4.74 Å². The SMILES string of the molecule is CCOc1ccc2nc3ccc(=[O+]CC)cc-3sc2c1. The van der Waals surface area contributed by atoms with Gasteiger partial charge in [-0.1, -0.05) is 0 Å². The maximum Gasteiger partial charge on any atom is 0.345 e. The Balaban J connectivity index is 2.20. The molecule has 1 aromatic carbocycles. The molecule has 0 aromatic heterocycles. The summed E-state index contributed by atoms with van der Waals surface area (Å²) in [7, 11) is 0. The molecule has 0 fully saturated rings. The van der Waals surface area contributed by atoms with Crippen LogP contribution in [-0.2, 0) is 0 Å². The van der Waals surface area contributed by atoms with Gasteiger partial charge in [-0.05, 0) is 31.2 Å². The van der Waals surface area contributed by atoms with Crippen molar-refractivity contribution in [3.8, 4) is 16.3 Å². The van der Waals surface area contributed by atoms with E-state index in [1.165, 1.54) is 0 Å². The molecule has 1 aliphatic heterocycles. The molecule has 102 valence electrons. The Hall–Kier alpha value is -1.94. The van der Waals surface area contributed by atoms with Crippen molar-refractivity contribution in [3.05, 3.63) is 46.3 Å². The lowest BCUT2D eigenvalue weighted by molar-refractivity contribution is 0.341. The molecule has 1 aromatic rings. The second kappa shape index (κ2) is 5.59. The summed E-state index contributed by atoms with van der Waals surface area (Å²) in [6, 6.07) is 12.0. The van der Waals surface area contributed by atoms with E-state index in [2.05, 4.69) is 4.98 Å². The van der Waals surface area contributed by atoms with Crippen molar-refractivity contribution < 1.29 is 4.74 Å². The molecule has 0 radical (unpaired) electrons. The number of rotatable bonds is 3. The maximum atomic E-state index is 5.54. The van der Waals surface area contributed by atoms with Crippen LogP contribution < -0.4 is 10.2 Å². The van der Waals surface area contributed by atoms with Crippen LogP contribution in [0.5, 0.6) is 5.75 Å². The van der Waals surface area contributed by atoms with Gasteiger partial charge in [-0.2, -0.15) is 0 Å². The highest BCUT2D eigenvalue weighted by Gasteiger charge is 2.10. The zero-order chi connectivity index (χ0) is 13.9. The molecule has 0 unspecified atom stereocenters. The molecule has 4 heteroatoms. The molecule has 1 heterocycles. The van der Waals surface area contributed by atoms with Gasteiger partial charge in [0.25, 0.3) is 6.61 Å². The molecule has 1 aliphatic carbocycles. The fraction of sp³-hybridized carbons (Fsp3) is 0.250. The largest absolute Gasteiger partial charge is 0.494 e. The van der Waals surface area contributed by atoms with Crippen molar-refractivity contribution in [2.45, 2.75) is 13.8 Å². The molecule has 0 bridgehead atoms. The fourth-order valence-electron chi connectivity index (χ4n) is 2.10. The molecule has 0 atom stereocenters. The second-order valence-corrected chi connectivity index (χ2v) is 5.42. The summed E-state index contributed by atoms with van der Waals surface area (Å²) >= 11 is 1.71. The van der Waals surface area contributed by atoms with Crippen molar-refractivity contribution in [3.63, 3.8) is 0 Å². The predicted octanol–water partition coefficient (Wildman–Crippen LogP) is 3.72. The Kier molecular flexibility index (Phi) is 3.65. The normalized spacial score (nSPS) is 12.2. The lowest BCUT2D eigenvalue weighted by atomic mass is 10.2. The van der Waals surface area contributed by atoms with Crippen LogP contribution in [0.3, 0.4) is 0 Å². The number of aromatic nitrogens is 1. The fourth-order valence-corrected chi connectivity index (χ4v) is 3.12. The van der Waals surface area contributed by atoms with Gasteiger partial charge in [-0.15, -0.1) is 11.3 Å². The van der Waals surface area contributed by atoms with Gasteiger partial charge in [0, 0.05) is 13.0 Å². The molecule has 0 spiro atoms. The summed E-state index contributed by atoms with van der Waals surface area (Å²) in [4.78, 5) is 5.80. The highest BCUT2D eigenvalue weighted by molar-refractivity contribution is 7.21. The molecule has 0 amide bonds. The second-order valence-electron chi connectivity index (χ2n) is 4.34. The number of hydrogen-bond acceptors (Lipinski definition) is 3. The minimum atomic E-state index is 0.672. The predicted molar refractivity (Wildman–Crippen MR) is 84.2 cm³/mol. The van der Waals surface area contributed by atoms with E-state index in [1.54, 1.807) is 11.3 Å². The zero-order valence-electron chi connectivity index (χ0n) is 11.6.